The number of carbonyl (C=O) groups excluding carboxylic acids is 1. The minimum absolute atomic E-state index is 0.200. The lowest BCUT2D eigenvalue weighted by molar-refractivity contribution is 0.0954. The summed E-state index contributed by atoms with van der Waals surface area (Å²) in [5, 5.41) is 4.02. The Labute approximate surface area is 126 Å². The van der Waals surface area contributed by atoms with Crippen LogP contribution in [0.15, 0.2) is 47.6 Å². The van der Waals surface area contributed by atoms with E-state index in [9.17, 15) is 9.18 Å². The predicted molar refractivity (Wildman–Crippen MR) is 78.6 cm³/mol. The quantitative estimate of drug-likeness (QED) is 0.700. The molecule has 2 aromatic rings. The molecule has 22 heavy (non-hydrogen) atoms. The monoisotopic (exact) mass is 300 g/mol. The fourth-order valence-electron chi connectivity index (χ4n) is 2.02. The average Bonchev–Trinajstić information content (AvgIpc) is 2.99. The van der Waals surface area contributed by atoms with Crippen LogP contribution in [0.4, 0.5) is 4.39 Å². The molecule has 1 N–H and O–H groups in total. The zero-order valence-corrected chi connectivity index (χ0v) is 11.8. The minimum Gasteiger partial charge on any atom is -0.454 e. The smallest absolute Gasteiger partial charge is 0.271 e. The molecule has 6 heteroatoms. The summed E-state index contributed by atoms with van der Waals surface area (Å²) in [6, 6.07) is 10.8. The molecule has 1 amide bonds. The van der Waals surface area contributed by atoms with Gasteiger partial charge in [0.05, 0.1) is 5.71 Å². The van der Waals surface area contributed by atoms with Gasteiger partial charge >= 0.3 is 0 Å². The van der Waals surface area contributed by atoms with Gasteiger partial charge in [-0.25, -0.2) is 9.82 Å². The first kappa shape index (κ1) is 14.1. The number of nitrogens with one attached hydrogen (secondary N) is 1. The maximum absolute atomic E-state index is 13.1. The maximum atomic E-state index is 13.1. The molecule has 0 unspecified atom stereocenters. The van der Waals surface area contributed by atoms with E-state index in [0.717, 1.165) is 11.6 Å². The number of nitrogens with zero attached hydrogens (tertiary/aromatic N) is 1. The number of ether oxygens (including phenoxy) is 2. The van der Waals surface area contributed by atoms with Gasteiger partial charge in [-0.2, -0.15) is 5.10 Å². The highest BCUT2D eigenvalue weighted by Gasteiger charge is 2.14. The molecule has 0 fully saturated rings. The molecule has 112 valence electrons. The number of halogens is 1. The summed E-state index contributed by atoms with van der Waals surface area (Å²) in [6.45, 7) is 1.95. The fourth-order valence-corrected chi connectivity index (χ4v) is 2.02. The Balaban J connectivity index is 1.73. The van der Waals surface area contributed by atoms with E-state index in [1.807, 2.05) is 6.07 Å². The van der Waals surface area contributed by atoms with Gasteiger partial charge in [0.1, 0.15) is 5.82 Å². The maximum Gasteiger partial charge on any atom is 0.271 e. The fraction of sp³-hybridized carbons (Fsp3) is 0.125. The van der Waals surface area contributed by atoms with Crippen LogP contribution >= 0.6 is 0 Å². The Morgan fingerprint density at radius 3 is 2.77 bits per heavy atom. The number of rotatable bonds is 3. The van der Waals surface area contributed by atoms with E-state index in [1.165, 1.54) is 18.2 Å². The predicted octanol–water partition coefficient (Wildman–Crippen LogP) is 2.71. The Kier molecular flexibility index (Phi) is 3.74. The number of hydrogen-bond acceptors (Lipinski definition) is 4. The first-order valence-electron chi connectivity index (χ1n) is 6.64. The minimum atomic E-state index is -0.473. The standard InChI is InChI=1S/C16H13FN2O3/c1-10(11-5-6-14-15(8-11)22-9-21-14)18-19-16(20)12-3-2-4-13(17)7-12/h2-8H,9H2,1H3,(H,19,20)/b18-10+. The van der Waals surface area contributed by atoms with Gasteiger partial charge in [0, 0.05) is 11.1 Å². The molecular formula is C16H13FN2O3. The average molecular weight is 300 g/mol. The lowest BCUT2D eigenvalue weighted by atomic mass is 10.1. The number of hydrogen-bond donors (Lipinski definition) is 1. The van der Waals surface area contributed by atoms with E-state index in [-0.39, 0.29) is 12.4 Å². The molecule has 0 bridgehead atoms. The number of amides is 1. The van der Waals surface area contributed by atoms with Gasteiger partial charge in [-0.3, -0.25) is 4.79 Å². The first-order valence-corrected chi connectivity index (χ1v) is 6.64. The summed E-state index contributed by atoms with van der Waals surface area (Å²) in [7, 11) is 0. The van der Waals surface area contributed by atoms with Crippen LogP contribution in [-0.2, 0) is 0 Å². The normalized spacial score (nSPS) is 13.1. The summed E-state index contributed by atoms with van der Waals surface area (Å²) in [6.07, 6.45) is 0. The largest absolute Gasteiger partial charge is 0.454 e. The summed E-state index contributed by atoms with van der Waals surface area (Å²) >= 11 is 0. The third kappa shape index (κ3) is 2.90. The van der Waals surface area contributed by atoms with Gasteiger partial charge in [-0.1, -0.05) is 6.07 Å². The molecule has 1 aliphatic rings. The van der Waals surface area contributed by atoms with E-state index in [1.54, 1.807) is 19.1 Å². The topological polar surface area (TPSA) is 59.9 Å². The molecule has 2 aromatic carbocycles. The highest BCUT2D eigenvalue weighted by atomic mass is 19.1. The van der Waals surface area contributed by atoms with Crippen molar-refractivity contribution in [3.63, 3.8) is 0 Å². The molecule has 0 atom stereocenters. The second kappa shape index (κ2) is 5.85. The molecule has 0 saturated carbocycles. The molecule has 1 heterocycles. The van der Waals surface area contributed by atoms with Crippen molar-refractivity contribution >= 4 is 11.6 Å². The van der Waals surface area contributed by atoms with Crippen LogP contribution < -0.4 is 14.9 Å². The lowest BCUT2D eigenvalue weighted by Gasteiger charge is -2.04. The van der Waals surface area contributed by atoms with Crippen LogP contribution in [0.5, 0.6) is 11.5 Å². The van der Waals surface area contributed by atoms with Gasteiger partial charge in [0.2, 0.25) is 6.79 Å². The second-order valence-corrected chi connectivity index (χ2v) is 4.72. The highest BCUT2D eigenvalue weighted by molar-refractivity contribution is 6.01. The van der Waals surface area contributed by atoms with E-state index in [4.69, 9.17) is 9.47 Å². The molecular weight excluding hydrogens is 287 g/mol. The number of fused-ring (bicyclic) bond motifs is 1. The number of carbonyl (C=O) groups is 1. The summed E-state index contributed by atoms with van der Waals surface area (Å²) in [5.74, 6) is 0.382. The van der Waals surface area contributed by atoms with Crippen molar-refractivity contribution in [3.8, 4) is 11.5 Å². The summed E-state index contributed by atoms with van der Waals surface area (Å²) in [5.41, 5.74) is 4.01. The van der Waals surface area contributed by atoms with Gasteiger partial charge in [0.25, 0.3) is 5.91 Å². The van der Waals surface area contributed by atoms with Crippen molar-refractivity contribution in [2.24, 2.45) is 5.10 Å². The van der Waals surface area contributed by atoms with E-state index >= 15 is 0 Å². The molecule has 3 rings (SSSR count). The molecule has 0 aliphatic carbocycles. The van der Waals surface area contributed by atoms with Crippen LogP contribution in [-0.4, -0.2) is 18.4 Å². The Bertz CT molecular complexity index is 759. The molecule has 5 nitrogen and oxygen atoms in total. The number of benzene rings is 2. The third-order valence-electron chi connectivity index (χ3n) is 3.20. The molecule has 1 aliphatic heterocycles. The SMILES string of the molecule is C/C(=N\NC(=O)c1cccc(F)c1)c1ccc2c(c1)OCO2. The molecule has 0 aromatic heterocycles. The van der Waals surface area contributed by atoms with Crippen molar-refractivity contribution in [1.82, 2.24) is 5.43 Å². The van der Waals surface area contributed by atoms with Crippen LogP contribution in [0, 0.1) is 5.82 Å². The molecule has 0 saturated heterocycles. The Hall–Kier alpha value is -2.89. The Morgan fingerprint density at radius 2 is 1.95 bits per heavy atom. The van der Waals surface area contributed by atoms with Gasteiger partial charge in [-0.05, 0) is 43.3 Å². The van der Waals surface area contributed by atoms with Crippen LogP contribution in [0.2, 0.25) is 0 Å². The van der Waals surface area contributed by atoms with Crippen molar-refractivity contribution in [1.29, 1.82) is 0 Å². The van der Waals surface area contributed by atoms with Crippen LogP contribution in [0.25, 0.3) is 0 Å². The van der Waals surface area contributed by atoms with Gasteiger partial charge in [0.15, 0.2) is 11.5 Å². The van der Waals surface area contributed by atoms with Gasteiger partial charge < -0.3 is 9.47 Å². The number of hydrazone groups is 1. The summed E-state index contributed by atoms with van der Waals surface area (Å²) < 4.78 is 23.6. The molecule has 0 spiro atoms. The first-order chi connectivity index (χ1) is 10.6. The lowest BCUT2D eigenvalue weighted by Crippen LogP contribution is -2.19. The third-order valence-corrected chi connectivity index (χ3v) is 3.20. The molecule has 0 radical (unpaired) electrons. The van der Waals surface area contributed by atoms with E-state index in [2.05, 4.69) is 10.5 Å². The van der Waals surface area contributed by atoms with Crippen molar-refractivity contribution in [2.75, 3.05) is 6.79 Å². The zero-order valence-electron chi connectivity index (χ0n) is 11.8. The van der Waals surface area contributed by atoms with Crippen molar-refractivity contribution in [2.45, 2.75) is 6.92 Å². The highest BCUT2D eigenvalue weighted by Crippen LogP contribution is 2.32. The van der Waals surface area contributed by atoms with Crippen molar-refractivity contribution < 1.29 is 18.7 Å². The summed E-state index contributed by atoms with van der Waals surface area (Å²) in [4.78, 5) is 11.9. The van der Waals surface area contributed by atoms with E-state index < -0.39 is 11.7 Å². The Morgan fingerprint density at radius 1 is 1.14 bits per heavy atom. The zero-order chi connectivity index (χ0) is 15.5. The van der Waals surface area contributed by atoms with Gasteiger partial charge in [-0.15, -0.1) is 0 Å². The van der Waals surface area contributed by atoms with E-state index in [0.29, 0.717) is 17.2 Å². The van der Waals surface area contributed by atoms with Crippen molar-refractivity contribution in [3.05, 3.63) is 59.4 Å². The van der Waals surface area contributed by atoms with Crippen LogP contribution in [0.3, 0.4) is 0 Å². The second-order valence-electron chi connectivity index (χ2n) is 4.72. The van der Waals surface area contributed by atoms with Crippen LogP contribution in [0.1, 0.15) is 22.8 Å².